The van der Waals surface area contributed by atoms with Gasteiger partial charge < -0.3 is 0 Å². The van der Waals surface area contributed by atoms with Crippen LogP contribution in [0, 0.1) is 11.3 Å². The van der Waals surface area contributed by atoms with Gasteiger partial charge in [0, 0.05) is 14.9 Å². The molecule has 0 nitrogen and oxygen atoms in total. The van der Waals surface area contributed by atoms with Crippen molar-refractivity contribution < 1.29 is 0 Å². The lowest BCUT2D eigenvalue weighted by Crippen LogP contribution is -2.16. The number of hydrogen-bond donors (Lipinski definition) is 0. The zero-order valence-corrected chi connectivity index (χ0v) is 13.0. The minimum atomic E-state index is 0.256. The maximum absolute atomic E-state index is 2.46. The second-order valence-corrected chi connectivity index (χ2v) is 7.28. The summed E-state index contributed by atoms with van der Waals surface area (Å²) in [5.41, 5.74) is 6.81. The van der Waals surface area contributed by atoms with Gasteiger partial charge in [-0.15, -0.1) is 0 Å². The van der Waals surface area contributed by atoms with Crippen molar-refractivity contribution in [3.63, 3.8) is 0 Å². The lowest BCUT2D eigenvalue weighted by molar-refractivity contribution is 0.528. The number of allylic oxidation sites excluding steroid dienone is 8. The van der Waals surface area contributed by atoms with E-state index >= 15 is 0 Å². The Bertz CT molecular complexity index is 498. The Balaban J connectivity index is 2.14. The molecule has 17 heavy (non-hydrogen) atoms. The molecule has 3 aliphatic carbocycles. The molecule has 0 spiro atoms. The van der Waals surface area contributed by atoms with Crippen LogP contribution < -0.4 is 0 Å². The molecule has 0 heterocycles. The summed E-state index contributed by atoms with van der Waals surface area (Å²) < 4.78 is 1.42. The Morgan fingerprint density at radius 3 is 2.76 bits per heavy atom. The van der Waals surface area contributed by atoms with Crippen molar-refractivity contribution in [3.05, 3.63) is 44.1 Å². The molecule has 0 saturated heterocycles. The predicted octanol–water partition coefficient (Wildman–Crippen LogP) is 5.33. The van der Waals surface area contributed by atoms with Crippen molar-refractivity contribution in [2.45, 2.75) is 40.0 Å². The minimum Gasteiger partial charge on any atom is -0.0727 e. The van der Waals surface area contributed by atoms with Gasteiger partial charge in [-0.25, -0.2) is 0 Å². The first-order valence-corrected chi connectivity index (χ1v) is 7.56. The van der Waals surface area contributed by atoms with E-state index < -0.39 is 0 Å². The molecule has 3 aliphatic rings. The molecule has 0 aliphatic heterocycles. The van der Waals surface area contributed by atoms with Crippen LogP contribution in [0.2, 0.25) is 0 Å². The van der Waals surface area contributed by atoms with E-state index in [1.165, 1.54) is 22.8 Å². The van der Waals surface area contributed by atoms with Crippen LogP contribution in [0.5, 0.6) is 0 Å². The van der Waals surface area contributed by atoms with E-state index in [9.17, 15) is 0 Å². The van der Waals surface area contributed by atoms with Crippen LogP contribution >= 0.6 is 22.6 Å². The van der Waals surface area contributed by atoms with Gasteiger partial charge in [0.25, 0.3) is 0 Å². The summed E-state index contributed by atoms with van der Waals surface area (Å²) in [5.74, 6) is 0.711. The molecule has 0 fully saturated rings. The van der Waals surface area contributed by atoms with E-state index in [1.54, 1.807) is 22.3 Å². The molecule has 0 saturated carbocycles. The van der Waals surface area contributed by atoms with Gasteiger partial charge in [0.05, 0.1) is 0 Å². The monoisotopic (exact) mass is 338 g/mol. The van der Waals surface area contributed by atoms with Crippen LogP contribution in [0.25, 0.3) is 0 Å². The average Bonchev–Trinajstić information content (AvgIpc) is 2.49. The van der Waals surface area contributed by atoms with Crippen LogP contribution in [-0.2, 0) is 0 Å². The highest BCUT2D eigenvalue weighted by Crippen LogP contribution is 2.56. The van der Waals surface area contributed by atoms with E-state index in [2.05, 4.69) is 61.6 Å². The zero-order valence-electron chi connectivity index (χ0n) is 10.8. The van der Waals surface area contributed by atoms with Crippen molar-refractivity contribution >= 4 is 22.6 Å². The van der Waals surface area contributed by atoms with Gasteiger partial charge >= 0.3 is 0 Å². The number of hydrogen-bond acceptors (Lipinski definition) is 0. The average molecular weight is 338 g/mol. The highest BCUT2D eigenvalue weighted by atomic mass is 127. The second kappa shape index (κ2) is 3.84. The van der Waals surface area contributed by atoms with Crippen LogP contribution in [0.4, 0.5) is 0 Å². The van der Waals surface area contributed by atoms with Crippen LogP contribution in [0.1, 0.15) is 40.0 Å². The summed E-state index contributed by atoms with van der Waals surface area (Å²) >= 11 is 2.46. The van der Waals surface area contributed by atoms with Gasteiger partial charge in [0.2, 0.25) is 0 Å². The molecule has 3 rings (SSSR count). The van der Waals surface area contributed by atoms with Gasteiger partial charge in [-0.3, -0.25) is 0 Å². The number of rotatable bonds is 0. The Labute approximate surface area is 118 Å². The molecule has 0 N–H and O–H groups in total. The fourth-order valence-corrected chi connectivity index (χ4v) is 4.18. The highest BCUT2D eigenvalue weighted by Gasteiger charge is 2.43. The standard InChI is InChI=1S/C16H19I/c1-10-4-6-12-13-7-5-11(17)9-15(13)16(2,3)14(12)8-10/h5,8-9,13H,4,6-7H2,1-3H3. The molecule has 1 atom stereocenters. The molecule has 1 unspecified atom stereocenters. The normalized spacial score (nSPS) is 30.4. The molecule has 0 aromatic rings. The van der Waals surface area contributed by atoms with Crippen molar-refractivity contribution in [1.29, 1.82) is 0 Å². The van der Waals surface area contributed by atoms with E-state index in [1.807, 2.05) is 0 Å². The number of halogens is 1. The first-order chi connectivity index (χ1) is 8.00. The lowest BCUT2D eigenvalue weighted by Gasteiger charge is -2.28. The fraction of sp³-hybridized carbons (Fsp3) is 0.500. The van der Waals surface area contributed by atoms with E-state index in [0.29, 0.717) is 5.92 Å². The third kappa shape index (κ3) is 1.69. The lowest BCUT2D eigenvalue weighted by atomic mass is 9.77. The van der Waals surface area contributed by atoms with Crippen LogP contribution in [-0.4, -0.2) is 0 Å². The van der Waals surface area contributed by atoms with Crippen molar-refractivity contribution in [1.82, 2.24) is 0 Å². The Hall–Kier alpha value is -0.310. The SMILES string of the molecule is CC1=CC2=C(CC1)C1CC=C(I)C=C1C2(C)C. The maximum atomic E-state index is 2.46. The highest BCUT2D eigenvalue weighted by molar-refractivity contribution is 14.1. The van der Waals surface area contributed by atoms with Gasteiger partial charge in [-0.2, -0.15) is 0 Å². The smallest absolute Gasteiger partial charge is 0.0114 e. The quantitative estimate of drug-likeness (QED) is 0.524. The number of fused-ring (bicyclic) bond motifs is 2. The van der Waals surface area contributed by atoms with E-state index in [4.69, 9.17) is 0 Å². The Morgan fingerprint density at radius 2 is 2.00 bits per heavy atom. The third-order valence-electron chi connectivity index (χ3n) is 4.56. The topological polar surface area (TPSA) is 0 Å². The third-order valence-corrected chi connectivity index (χ3v) is 5.31. The van der Waals surface area contributed by atoms with Gasteiger partial charge in [-0.1, -0.05) is 42.7 Å². The molecule has 0 amide bonds. The predicted molar refractivity (Wildman–Crippen MR) is 82.1 cm³/mol. The van der Waals surface area contributed by atoms with Crippen molar-refractivity contribution in [3.8, 4) is 0 Å². The van der Waals surface area contributed by atoms with Crippen molar-refractivity contribution in [2.75, 3.05) is 0 Å². The first kappa shape index (κ1) is 11.8. The zero-order chi connectivity index (χ0) is 12.2. The minimum absolute atomic E-state index is 0.256. The Kier molecular flexibility index (Phi) is 2.66. The molecule has 90 valence electrons. The maximum Gasteiger partial charge on any atom is 0.0114 e. The second-order valence-electron chi connectivity index (χ2n) is 6.03. The molecule has 0 aromatic heterocycles. The summed E-state index contributed by atoms with van der Waals surface area (Å²) in [6.07, 6.45) is 11.1. The molecular formula is C16H19I. The fourth-order valence-electron chi connectivity index (χ4n) is 3.59. The van der Waals surface area contributed by atoms with E-state index in [-0.39, 0.29) is 5.41 Å². The summed E-state index contributed by atoms with van der Waals surface area (Å²) in [5, 5.41) is 0. The Morgan fingerprint density at radius 1 is 1.24 bits per heavy atom. The van der Waals surface area contributed by atoms with Gasteiger partial charge in [-0.05, 0) is 60.4 Å². The summed E-state index contributed by atoms with van der Waals surface area (Å²) in [6.45, 7) is 7.08. The molecule has 1 heteroatoms. The summed E-state index contributed by atoms with van der Waals surface area (Å²) in [4.78, 5) is 0. The molecule has 0 bridgehead atoms. The van der Waals surface area contributed by atoms with Crippen LogP contribution in [0.15, 0.2) is 44.1 Å². The largest absolute Gasteiger partial charge is 0.0727 e. The first-order valence-electron chi connectivity index (χ1n) is 6.48. The van der Waals surface area contributed by atoms with Crippen LogP contribution in [0.3, 0.4) is 0 Å². The molecular weight excluding hydrogens is 319 g/mol. The van der Waals surface area contributed by atoms with Gasteiger partial charge in [0.1, 0.15) is 0 Å². The summed E-state index contributed by atoms with van der Waals surface area (Å²) in [7, 11) is 0. The summed E-state index contributed by atoms with van der Waals surface area (Å²) in [6, 6.07) is 0. The molecule has 0 radical (unpaired) electrons. The van der Waals surface area contributed by atoms with Gasteiger partial charge in [0.15, 0.2) is 0 Å². The van der Waals surface area contributed by atoms with Crippen molar-refractivity contribution in [2.24, 2.45) is 11.3 Å². The van der Waals surface area contributed by atoms with E-state index in [0.717, 1.165) is 0 Å². The molecule has 0 aromatic carbocycles.